The SMILES string of the molecule is COc1ccccc1-c1ccoc1C=O. The summed E-state index contributed by atoms with van der Waals surface area (Å²) in [6, 6.07) is 9.25. The number of benzene rings is 1. The van der Waals surface area contributed by atoms with Crippen LogP contribution in [-0.4, -0.2) is 13.4 Å². The molecular formula is C12H10O3. The largest absolute Gasteiger partial charge is 0.496 e. The molecule has 0 atom stereocenters. The normalized spacial score (nSPS) is 9.93. The lowest BCUT2D eigenvalue weighted by molar-refractivity contribution is 0.110. The zero-order chi connectivity index (χ0) is 10.7. The van der Waals surface area contributed by atoms with Crippen molar-refractivity contribution in [2.24, 2.45) is 0 Å². The summed E-state index contributed by atoms with van der Waals surface area (Å²) >= 11 is 0. The maximum atomic E-state index is 10.7. The summed E-state index contributed by atoms with van der Waals surface area (Å²) in [5.74, 6) is 1.04. The second-order valence-corrected chi connectivity index (χ2v) is 3.02. The third-order valence-electron chi connectivity index (χ3n) is 2.20. The molecule has 0 radical (unpaired) electrons. The van der Waals surface area contributed by atoms with Gasteiger partial charge in [0.25, 0.3) is 0 Å². The molecule has 2 aromatic rings. The monoisotopic (exact) mass is 202 g/mol. The first kappa shape index (κ1) is 9.52. The smallest absolute Gasteiger partial charge is 0.185 e. The van der Waals surface area contributed by atoms with E-state index in [4.69, 9.17) is 9.15 Å². The van der Waals surface area contributed by atoms with E-state index in [1.165, 1.54) is 6.26 Å². The maximum absolute atomic E-state index is 10.7. The van der Waals surface area contributed by atoms with Crippen LogP contribution in [-0.2, 0) is 0 Å². The topological polar surface area (TPSA) is 39.4 Å². The predicted molar refractivity (Wildman–Crippen MR) is 56.1 cm³/mol. The van der Waals surface area contributed by atoms with Crippen molar-refractivity contribution < 1.29 is 13.9 Å². The standard InChI is InChI=1S/C12H10O3/c1-14-11-5-3-2-4-9(11)10-6-7-15-12(10)8-13/h2-8H,1H3. The van der Waals surface area contributed by atoms with Crippen molar-refractivity contribution in [3.05, 3.63) is 42.4 Å². The number of furan rings is 1. The van der Waals surface area contributed by atoms with Gasteiger partial charge in [0.05, 0.1) is 13.4 Å². The molecule has 0 bridgehead atoms. The van der Waals surface area contributed by atoms with Crippen LogP contribution < -0.4 is 4.74 Å². The summed E-state index contributed by atoms with van der Waals surface area (Å²) in [5, 5.41) is 0. The van der Waals surface area contributed by atoms with E-state index in [0.29, 0.717) is 12.0 Å². The molecule has 76 valence electrons. The van der Waals surface area contributed by atoms with E-state index in [2.05, 4.69) is 0 Å². The van der Waals surface area contributed by atoms with Crippen molar-refractivity contribution in [3.63, 3.8) is 0 Å². The molecule has 1 heterocycles. The third-order valence-corrected chi connectivity index (χ3v) is 2.20. The molecular weight excluding hydrogens is 192 g/mol. The molecule has 0 spiro atoms. The molecule has 0 saturated heterocycles. The molecule has 2 rings (SSSR count). The first-order chi connectivity index (χ1) is 7.36. The van der Waals surface area contributed by atoms with E-state index in [1.807, 2.05) is 24.3 Å². The molecule has 3 heteroatoms. The summed E-state index contributed by atoms with van der Waals surface area (Å²) in [5.41, 5.74) is 1.61. The van der Waals surface area contributed by atoms with Crippen LogP contribution >= 0.6 is 0 Å². The van der Waals surface area contributed by atoms with Crippen LogP contribution in [0.25, 0.3) is 11.1 Å². The minimum absolute atomic E-state index is 0.319. The zero-order valence-corrected chi connectivity index (χ0v) is 8.27. The number of methoxy groups -OCH3 is 1. The molecule has 1 aromatic heterocycles. The number of hydrogen-bond acceptors (Lipinski definition) is 3. The van der Waals surface area contributed by atoms with Gasteiger partial charge in [-0.3, -0.25) is 4.79 Å². The highest BCUT2D eigenvalue weighted by molar-refractivity contribution is 5.86. The van der Waals surface area contributed by atoms with Crippen LogP contribution in [0.1, 0.15) is 10.6 Å². The van der Waals surface area contributed by atoms with Gasteiger partial charge in [0.2, 0.25) is 0 Å². The molecule has 3 nitrogen and oxygen atoms in total. The molecule has 15 heavy (non-hydrogen) atoms. The Hall–Kier alpha value is -2.03. The summed E-state index contributed by atoms with van der Waals surface area (Å²) in [6.07, 6.45) is 2.19. The first-order valence-corrected chi connectivity index (χ1v) is 4.53. The van der Waals surface area contributed by atoms with E-state index in [9.17, 15) is 4.79 Å². The molecule has 0 N–H and O–H groups in total. The average Bonchev–Trinajstić information content (AvgIpc) is 2.76. The highest BCUT2D eigenvalue weighted by Crippen LogP contribution is 2.31. The number of rotatable bonds is 3. The Kier molecular flexibility index (Phi) is 2.54. The third kappa shape index (κ3) is 1.64. The molecule has 0 aliphatic rings. The number of carbonyl (C=O) groups is 1. The lowest BCUT2D eigenvalue weighted by Gasteiger charge is -2.05. The van der Waals surface area contributed by atoms with E-state index < -0.39 is 0 Å². The Morgan fingerprint density at radius 2 is 2.00 bits per heavy atom. The average molecular weight is 202 g/mol. The highest BCUT2D eigenvalue weighted by atomic mass is 16.5. The van der Waals surface area contributed by atoms with Gasteiger partial charge in [0.1, 0.15) is 5.75 Å². The Morgan fingerprint density at radius 1 is 1.20 bits per heavy atom. The second-order valence-electron chi connectivity index (χ2n) is 3.02. The van der Waals surface area contributed by atoms with Crippen LogP contribution in [0.5, 0.6) is 5.75 Å². The molecule has 0 saturated carbocycles. The van der Waals surface area contributed by atoms with Crippen molar-refractivity contribution in [2.45, 2.75) is 0 Å². The molecule has 0 unspecified atom stereocenters. The summed E-state index contributed by atoms with van der Waals surface area (Å²) in [4.78, 5) is 10.7. The molecule has 1 aromatic carbocycles. The van der Waals surface area contributed by atoms with Crippen LogP contribution in [0, 0.1) is 0 Å². The Morgan fingerprint density at radius 3 is 2.73 bits per heavy atom. The summed E-state index contributed by atoms with van der Waals surface area (Å²) in [7, 11) is 1.60. The van der Waals surface area contributed by atoms with E-state index in [1.54, 1.807) is 13.2 Å². The highest BCUT2D eigenvalue weighted by Gasteiger charge is 2.11. The van der Waals surface area contributed by atoms with Gasteiger partial charge in [-0.15, -0.1) is 0 Å². The number of aldehydes is 1. The second kappa shape index (κ2) is 4.00. The number of ether oxygens (including phenoxy) is 1. The molecule has 0 aliphatic heterocycles. The first-order valence-electron chi connectivity index (χ1n) is 4.53. The van der Waals surface area contributed by atoms with E-state index in [-0.39, 0.29) is 0 Å². The van der Waals surface area contributed by atoms with Crippen LogP contribution in [0.2, 0.25) is 0 Å². The number of hydrogen-bond donors (Lipinski definition) is 0. The van der Waals surface area contributed by atoms with E-state index >= 15 is 0 Å². The van der Waals surface area contributed by atoms with Gasteiger partial charge in [0, 0.05) is 11.1 Å². The van der Waals surface area contributed by atoms with Gasteiger partial charge >= 0.3 is 0 Å². The fraction of sp³-hybridized carbons (Fsp3) is 0.0833. The lowest BCUT2D eigenvalue weighted by atomic mass is 10.1. The van der Waals surface area contributed by atoms with Gasteiger partial charge in [-0.25, -0.2) is 0 Å². The maximum Gasteiger partial charge on any atom is 0.185 e. The Bertz CT molecular complexity index is 471. The van der Waals surface area contributed by atoms with Crippen LogP contribution in [0.15, 0.2) is 41.0 Å². The fourth-order valence-corrected chi connectivity index (χ4v) is 1.50. The predicted octanol–water partition coefficient (Wildman–Crippen LogP) is 2.77. The Balaban J connectivity index is 2.58. The molecule has 0 amide bonds. The van der Waals surface area contributed by atoms with Crippen molar-refractivity contribution in [1.29, 1.82) is 0 Å². The van der Waals surface area contributed by atoms with Gasteiger partial charge in [-0.2, -0.15) is 0 Å². The van der Waals surface area contributed by atoms with Gasteiger partial charge in [-0.05, 0) is 12.1 Å². The minimum Gasteiger partial charge on any atom is -0.496 e. The van der Waals surface area contributed by atoms with Crippen molar-refractivity contribution in [1.82, 2.24) is 0 Å². The minimum atomic E-state index is 0.319. The van der Waals surface area contributed by atoms with Crippen molar-refractivity contribution in [2.75, 3.05) is 7.11 Å². The molecule has 0 fully saturated rings. The summed E-state index contributed by atoms with van der Waals surface area (Å²) < 4.78 is 10.3. The fourth-order valence-electron chi connectivity index (χ4n) is 1.50. The van der Waals surface area contributed by atoms with Crippen molar-refractivity contribution >= 4 is 6.29 Å². The van der Waals surface area contributed by atoms with Crippen LogP contribution in [0.4, 0.5) is 0 Å². The van der Waals surface area contributed by atoms with Gasteiger partial charge in [-0.1, -0.05) is 18.2 Å². The van der Waals surface area contributed by atoms with E-state index in [0.717, 1.165) is 16.9 Å². The quantitative estimate of drug-likeness (QED) is 0.718. The van der Waals surface area contributed by atoms with Gasteiger partial charge < -0.3 is 9.15 Å². The van der Waals surface area contributed by atoms with Gasteiger partial charge in [0.15, 0.2) is 12.0 Å². The molecule has 0 aliphatic carbocycles. The number of para-hydroxylation sites is 1. The van der Waals surface area contributed by atoms with Crippen LogP contribution in [0.3, 0.4) is 0 Å². The summed E-state index contributed by atoms with van der Waals surface area (Å²) in [6.45, 7) is 0. The Labute approximate surface area is 87.3 Å². The zero-order valence-electron chi connectivity index (χ0n) is 8.27. The van der Waals surface area contributed by atoms with Crippen molar-refractivity contribution in [3.8, 4) is 16.9 Å². The lowest BCUT2D eigenvalue weighted by Crippen LogP contribution is -1.88. The number of carbonyl (C=O) groups excluding carboxylic acids is 1.